The van der Waals surface area contributed by atoms with Crippen molar-refractivity contribution in [2.24, 2.45) is 0 Å². The summed E-state index contributed by atoms with van der Waals surface area (Å²) in [6.07, 6.45) is 1.75. The van der Waals surface area contributed by atoms with Gasteiger partial charge in [0.05, 0.1) is 17.2 Å². The Morgan fingerprint density at radius 3 is 2.53 bits per heavy atom. The Bertz CT molecular complexity index is 847. The molecule has 0 bridgehead atoms. The Kier molecular flexibility index (Phi) is 2.12. The number of furan rings is 1. The molecule has 19 heavy (non-hydrogen) atoms. The van der Waals surface area contributed by atoms with Crippen LogP contribution in [0.4, 0.5) is 0 Å². The molecule has 0 fully saturated rings. The lowest BCUT2D eigenvalue weighted by molar-refractivity contribution is 0.628. The molecule has 0 N–H and O–H groups in total. The van der Waals surface area contributed by atoms with Crippen molar-refractivity contribution in [2.75, 3.05) is 0 Å². The van der Waals surface area contributed by atoms with E-state index in [1.807, 2.05) is 54.6 Å². The van der Waals surface area contributed by atoms with Crippen LogP contribution in [-0.4, -0.2) is 9.97 Å². The fourth-order valence-corrected chi connectivity index (χ4v) is 2.18. The van der Waals surface area contributed by atoms with E-state index in [0.29, 0.717) is 0 Å². The van der Waals surface area contributed by atoms with Crippen LogP contribution < -0.4 is 0 Å². The van der Waals surface area contributed by atoms with E-state index in [4.69, 9.17) is 4.42 Å². The van der Waals surface area contributed by atoms with Gasteiger partial charge in [0.15, 0.2) is 5.76 Å². The van der Waals surface area contributed by atoms with E-state index in [1.165, 1.54) is 0 Å². The van der Waals surface area contributed by atoms with Gasteiger partial charge in [-0.3, -0.25) is 4.98 Å². The number of para-hydroxylation sites is 3. The fraction of sp³-hybridized carbons (Fsp3) is 0. The van der Waals surface area contributed by atoms with Gasteiger partial charge in [-0.05, 0) is 24.3 Å². The summed E-state index contributed by atoms with van der Waals surface area (Å²) < 4.78 is 5.80. The molecular formula is C16H10N2O. The molecule has 3 nitrogen and oxygen atoms in total. The van der Waals surface area contributed by atoms with Crippen LogP contribution in [0.15, 0.2) is 65.2 Å². The number of fused-ring (bicyclic) bond motifs is 2. The molecule has 0 spiro atoms. The first-order valence-corrected chi connectivity index (χ1v) is 6.11. The normalized spacial score (nSPS) is 11.2. The smallest absolute Gasteiger partial charge is 0.155 e. The van der Waals surface area contributed by atoms with E-state index in [9.17, 15) is 0 Å². The average Bonchev–Trinajstić information content (AvgIpc) is 2.90. The number of rotatable bonds is 1. The maximum Gasteiger partial charge on any atom is 0.155 e. The third-order valence-corrected chi connectivity index (χ3v) is 3.13. The Labute approximate surface area is 109 Å². The van der Waals surface area contributed by atoms with Crippen LogP contribution in [-0.2, 0) is 0 Å². The molecule has 0 saturated carbocycles. The molecule has 0 aliphatic heterocycles. The molecule has 0 aliphatic carbocycles. The number of nitrogens with zero attached hydrogens (tertiary/aromatic N) is 2. The molecule has 0 amide bonds. The quantitative estimate of drug-likeness (QED) is 0.508. The van der Waals surface area contributed by atoms with Gasteiger partial charge in [-0.15, -0.1) is 0 Å². The Hall–Kier alpha value is -2.68. The van der Waals surface area contributed by atoms with Crippen molar-refractivity contribution in [3.05, 3.63) is 60.8 Å². The van der Waals surface area contributed by atoms with E-state index in [2.05, 4.69) is 9.97 Å². The maximum absolute atomic E-state index is 5.80. The molecule has 0 saturated heterocycles. The molecule has 2 heterocycles. The predicted molar refractivity (Wildman–Crippen MR) is 74.7 cm³/mol. The van der Waals surface area contributed by atoms with Gasteiger partial charge < -0.3 is 4.42 Å². The van der Waals surface area contributed by atoms with E-state index >= 15 is 0 Å². The van der Waals surface area contributed by atoms with Gasteiger partial charge in [0.1, 0.15) is 11.3 Å². The van der Waals surface area contributed by atoms with Gasteiger partial charge in [-0.25, -0.2) is 4.98 Å². The summed E-state index contributed by atoms with van der Waals surface area (Å²) in [6.45, 7) is 0. The first kappa shape index (κ1) is 10.3. The minimum Gasteiger partial charge on any atom is -0.454 e. The van der Waals surface area contributed by atoms with Crippen LogP contribution in [0, 0.1) is 0 Å². The Balaban J connectivity index is 1.93. The minimum atomic E-state index is 0.749. The van der Waals surface area contributed by atoms with Crippen LogP contribution >= 0.6 is 0 Å². The molecule has 3 heteroatoms. The topological polar surface area (TPSA) is 38.9 Å². The van der Waals surface area contributed by atoms with Crippen molar-refractivity contribution in [1.29, 1.82) is 0 Å². The molecule has 90 valence electrons. The molecule has 0 aliphatic rings. The Morgan fingerprint density at radius 1 is 0.842 bits per heavy atom. The van der Waals surface area contributed by atoms with E-state index < -0.39 is 0 Å². The molecule has 2 aromatic carbocycles. The predicted octanol–water partition coefficient (Wildman–Crippen LogP) is 4.04. The summed E-state index contributed by atoms with van der Waals surface area (Å²) >= 11 is 0. The molecule has 0 atom stereocenters. The summed E-state index contributed by atoms with van der Waals surface area (Å²) in [4.78, 5) is 8.99. The van der Waals surface area contributed by atoms with Crippen molar-refractivity contribution < 1.29 is 4.42 Å². The monoisotopic (exact) mass is 246 g/mol. The van der Waals surface area contributed by atoms with E-state index in [0.717, 1.165) is 33.5 Å². The van der Waals surface area contributed by atoms with Crippen molar-refractivity contribution in [2.45, 2.75) is 0 Å². The number of hydrogen-bond acceptors (Lipinski definition) is 3. The van der Waals surface area contributed by atoms with E-state index in [1.54, 1.807) is 6.20 Å². The van der Waals surface area contributed by atoms with Crippen LogP contribution in [0.3, 0.4) is 0 Å². The van der Waals surface area contributed by atoms with Gasteiger partial charge in [0, 0.05) is 5.39 Å². The zero-order valence-electron chi connectivity index (χ0n) is 10.1. The second kappa shape index (κ2) is 3.92. The highest BCUT2D eigenvalue weighted by molar-refractivity contribution is 5.83. The second-order valence-corrected chi connectivity index (χ2v) is 4.39. The van der Waals surface area contributed by atoms with Gasteiger partial charge in [-0.1, -0.05) is 30.3 Å². The molecule has 0 unspecified atom stereocenters. The van der Waals surface area contributed by atoms with Gasteiger partial charge in [-0.2, -0.15) is 0 Å². The lowest BCUT2D eigenvalue weighted by atomic mass is 10.2. The highest BCUT2D eigenvalue weighted by Crippen LogP contribution is 2.26. The largest absolute Gasteiger partial charge is 0.454 e. The third kappa shape index (κ3) is 1.67. The highest BCUT2D eigenvalue weighted by Gasteiger charge is 2.08. The SMILES string of the molecule is c1ccc2oc(-c3cnc4ccccc4n3)cc2c1. The van der Waals surface area contributed by atoms with Crippen molar-refractivity contribution >= 4 is 22.0 Å². The standard InChI is InChI=1S/C16H10N2O/c1-4-8-15-11(5-1)9-16(19-15)14-10-17-12-6-2-3-7-13(12)18-14/h1-10H. The van der Waals surface area contributed by atoms with Crippen LogP contribution in [0.5, 0.6) is 0 Å². The zero-order chi connectivity index (χ0) is 12.7. The summed E-state index contributed by atoms with van der Waals surface area (Å²) in [5.41, 5.74) is 3.39. The lowest BCUT2D eigenvalue weighted by Gasteiger charge is -1.98. The van der Waals surface area contributed by atoms with Crippen LogP contribution in [0.1, 0.15) is 0 Å². The maximum atomic E-state index is 5.80. The number of hydrogen-bond donors (Lipinski definition) is 0. The van der Waals surface area contributed by atoms with Crippen molar-refractivity contribution in [3.8, 4) is 11.5 Å². The average molecular weight is 246 g/mol. The number of aromatic nitrogens is 2. The Morgan fingerprint density at radius 2 is 1.63 bits per heavy atom. The van der Waals surface area contributed by atoms with Gasteiger partial charge in [0.25, 0.3) is 0 Å². The minimum absolute atomic E-state index is 0.749. The lowest BCUT2D eigenvalue weighted by Crippen LogP contribution is -1.86. The third-order valence-electron chi connectivity index (χ3n) is 3.13. The summed E-state index contributed by atoms with van der Waals surface area (Å²) in [5, 5.41) is 1.08. The molecule has 0 radical (unpaired) electrons. The first-order chi connectivity index (χ1) is 9.40. The first-order valence-electron chi connectivity index (χ1n) is 6.11. The molecule has 4 aromatic rings. The zero-order valence-corrected chi connectivity index (χ0v) is 10.1. The summed E-state index contributed by atoms with van der Waals surface area (Å²) in [5.74, 6) is 0.749. The second-order valence-electron chi connectivity index (χ2n) is 4.39. The molecule has 2 aromatic heterocycles. The number of benzene rings is 2. The van der Waals surface area contributed by atoms with Crippen LogP contribution in [0.25, 0.3) is 33.5 Å². The van der Waals surface area contributed by atoms with Crippen molar-refractivity contribution in [3.63, 3.8) is 0 Å². The summed E-state index contributed by atoms with van der Waals surface area (Å²) in [7, 11) is 0. The summed E-state index contributed by atoms with van der Waals surface area (Å²) in [6, 6.07) is 17.7. The molecular weight excluding hydrogens is 236 g/mol. The fourth-order valence-electron chi connectivity index (χ4n) is 2.18. The van der Waals surface area contributed by atoms with Gasteiger partial charge >= 0.3 is 0 Å². The van der Waals surface area contributed by atoms with Crippen LogP contribution in [0.2, 0.25) is 0 Å². The highest BCUT2D eigenvalue weighted by atomic mass is 16.3. The van der Waals surface area contributed by atoms with Gasteiger partial charge in [0.2, 0.25) is 0 Å². The van der Waals surface area contributed by atoms with E-state index in [-0.39, 0.29) is 0 Å². The molecule has 4 rings (SSSR count). The van der Waals surface area contributed by atoms with Crippen molar-refractivity contribution in [1.82, 2.24) is 9.97 Å².